The van der Waals surface area contributed by atoms with Crippen molar-refractivity contribution in [2.45, 2.75) is 11.3 Å². The summed E-state index contributed by atoms with van der Waals surface area (Å²) in [7, 11) is -1.07. The minimum absolute atomic E-state index is 0.0574. The van der Waals surface area contributed by atoms with E-state index in [1.807, 2.05) is 0 Å². The number of carbonyl (C=O) groups is 1. The highest BCUT2D eigenvalue weighted by Crippen LogP contribution is 2.26. The number of sulfonamides is 1. The Hall–Kier alpha value is -2.20. The van der Waals surface area contributed by atoms with Crippen LogP contribution in [-0.2, 0) is 14.8 Å². The highest BCUT2D eigenvalue weighted by molar-refractivity contribution is 7.89. The van der Waals surface area contributed by atoms with E-state index in [0.717, 1.165) is 12.1 Å². The molecule has 0 unspecified atom stereocenters. The van der Waals surface area contributed by atoms with Crippen LogP contribution in [-0.4, -0.2) is 39.9 Å². The molecule has 0 saturated heterocycles. The minimum atomic E-state index is -4.06. The maximum Gasteiger partial charge on any atom is 0.291 e. The molecular formula is C11H16N4O5S. The maximum atomic E-state index is 12.1. The van der Waals surface area contributed by atoms with Crippen molar-refractivity contribution >= 4 is 27.3 Å². The van der Waals surface area contributed by atoms with Gasteiger partial charge in [0.05, 0.1) is 4.92 Å². The lowest BCUT2D eigenvalue weighted by molar-refractivity contribution is -0.387. The lowest BCUT2D eigenvalue weighted by Gasteiger charge is -2.08. The van der Waals surface area contributed by atoms with Gasteiger partial charge in [0.15, 0.2) is 4.90 Å². The van der Waals surface area contributed by atoms with Crippen LogP contribution in [0.5, 0.6) is 0 Å². The smallest absolute Gasteiger partial charge is 0.291 e. The van der Waals surface area contributed by atoms with E-state index < -0.39 is 25.5 Å². The first-order valence-electron chi connectivity index (χ1n) is 5.98. The van der Waals surface area contributed by atoms with Gasteiger partial charge in [0, 0.05) is 38.8 Å². The molecule has 0 aliphatic carbocycles. The summed E-state index contributed by atoms with van der Waals surface area (Å²) in [4.78, 5) is 20.8. The number of rotatable bonds is 7. The van der Waals surface area contributed by atoms with Crippen LogP contribution < -0.4 is 15.4 Å². The summed E-state index contributed by atoms with van der Waals surface area (Å²) in [6, 6.07) is 3.69. The van der Waals surface area contributed by atoms with Crippen LogP contribution in [0.1, 0.15) is 6.42 Å². The van der Waals surface area contributed by atoms with Crippen LogP contribution >= 0.6 is 0 Å². The van der Waals surface area contributed by atoms with Gasteiger partial charge in [-0.25, -0.2) is 13.1 Å². The molecule has 116 valence electrons. The Kier molecular flexibility index (Phi) is 5.61. The Bertz CT molecular complexity index is 644. The van der Waals surface area contributed by atoms with Gasteiger partial charge in [0.25, 0.3) is 5.69 Å². The number of nitro groups is 1. The molecule has 9 nitrogen and oxygen atoms in total. The van der Waals surface area contributed by atoms with E-state index >= 15 is 0 Å². The average molecular weight is 316 g/mol. The van der Waals surface area contributed by atoms with E-state index in [9.17, 15) is 23.3 Å². The lowest BCUT2D eigenvalue weighted by Crippen LogP contribution is -2.29. The van der Waals surface area contributed by atoms with E-state index in [1.165, 1.54) is 13.1 Å². The summed E-state index contributed by atoms with van der Waals surface area (Å²) in [5.41, 5.74) is -0.111. The summed E-state index contributed by atoms with van der Waals surface area (Å²) in [6.45, 7) is -0.146. The Labute approximate surface area is 121 Å². The van der Waals surface area contributed by atoms with E-state index in [0.29, 0.717) is 5.69 Å². The van der Waals surface area contributed by atoms with Crippen molar-refractivity contribution in [1.82, 2.24) is 10.0 Å². The number of hydrogen-bond acceptors (Lipinski definition) is 6. The molecule has 0 spiro atoms. The van der Waals surface area contributed by atoms with Crippen molar-refractivity contribution in [3.63, 3.8) is 0 Å². The summed E-state index contributed by atoms with van der Waals surface area (Å²) < 4.78 is 26.3. The Morgan fingerprint density at radius 2 is 2.00 bits per heavy atom. The molecule has 0 saturated carbocycles. The number of anilines is 1. The van der Waals surface area contributed by atoms with Gasteiger partial charge in [-0.1, -0.05) is 0 Å². The van der Waals surface area contributed by atoms with E-state index in [1.54, 1.807) is 7.05 Å². The highest BCUT2D eigenvalue weighted by Gasteiger charge is 2.25. The molecule has 0 aromatic heterocycles. The molecule has 3 N–H and O–H groups in total. The highest BCUT2D eigenvalue weighted by atomic mass is 32.2. The van der Waals surface area contributed by atoms with Crippen LogP contribution in [0.15, 0.2) is 23.1 Å². The van der Waals surface area contributed by atoms with Crippen LogP contribution in [0.25, 0.3) is 0 Å². The van der Waals surface area contributed by atoms with Crippen molar-refractivity contribution in [2.24, 2.45) is 0 Å². The average Bonchev–Trinajstić information content (AvgIpc) is 2.45. The minimum Gasteiger partial charge on any atom is -0.388 e. The van der Waals surface area contributed by atoms with Crippen LogP contribution in [0.4, 0.5) is 11.4 Å². The second-order valence-corrected chi connectivity index (χ2v) is 5.75. The van der Waals surface area contributed by atoms with Gasteiger partial charge in [0.1, 0.15) is 0 Å². The molecule has 21 heavy (non-hydrogen) atoms. The lowest BCUT2D eigenvalue weighted by atomic mass is 10.3. The van der Waals surface area contributed by atoms with E-state index in [4.69, 9.17) is 0 Å². The van der Waals surface area contributed by atoms with Gasteiger partial charge in [-0.15, -0.1) is 0 Å². The second kappa shape index (κ2) is 6.99. The first-order valence-corrected chi connectivity index (χ1v) is 7.46. The standard InChI is InChI=1S/C11H16N4O5S/c1-12-8-3-4-10(9(7-8)15(17)18)21(19,20)14-6-5-11(16)13-2/h3-4,7,12,14H,5-6H2,1-2H3,(H,13,16). The molecule has 0 radical (unpaired) electrons. The molecule has 0 aliphatic rings. The first-order chi connectivity index (χ1) is 9.81. The summed E-state index contributed by atoms with van der Waals surface area (Å²) in [6.07, 6.45) is -0.0574. The van der Waals surface area contributed by atoms with Crippen LogP contribution in [0, 0.1) is 10.1 Å². The monoisotopic (exact) mass is 316 g/mol. The molecule has 0 bridgehead atoms. The number of carbonyl (C=O) groups excluding carboxylic acids is 1. The zero-order valence-corrected chi connectivity index (χ0v) is 12.4. The summed E-state index contributed by atoms with van der Waals surface area (Å²) in [5.74, 6) is -0.335. The number of nitrogens with zero attached hydrogens (tertiary/aromatic N) is 1. The quantitative estimate of drug-likeness (QED) is 0.481. The zero-order chi connectivity index (χ0) is 16.0. The third-order valence-electron chi connectivity index (χ3n) is 2.66. The fourth-order valence-corrected chi connectivity index (χ4v) is 2.73. The van der Waals surface area contributed by atoms with Crippen LogP contribution in [0.3, 0.4) is 0 Å². The number of hydrogen-bond donors (Lipinski definition) is 3. The fourth-order valence-electron chi connectivity index (χ4n) is 1.54. The number of nitrogens with one attached hydrogen (secondary N) is 3. The molecule has 1 amide bonds. The van der Waals surface area contributed by atoms with Crippen molar-refractivity contribution < 1.29 is 18.1 Å². The SMILES string of the molecule is CNC(=O)CCNS(=O)(=O)c1ccc(NC)cc1[N+](=O)[O-]. The predicted molar refractivity (Wildman–Crippen MR) is 76.5 cm³/mol. The Balaban J connectivity index is 3.02. The van der Waals surface area contributed by atoms with Crippen molar-refractivity contribution in [3.05, 3.63) is 28.3 Å². The largest absolute Gasteiger partial charge is 0.388 e. The molecule has 0 fully saturated rings. The third kappa shape index (κ3) is 4.39. The fraction of sp³-hybridized carbons (Fsp3) is 0.364. The molecule has 1 aromatic carbocycles. The van der Waals surface area contributed by atoms with Gasteiger partial charge in [-0.05, 0) is 12.1 Å². The van der Waals surface area contributed by atoms with E-state index in [2.05, 4.69) is 15.4 Å². The van der Waals surface area contributed by atoms with Gasteiger partial charge >= 0.3 is 0 Å². The number of nitro benzene ring substituents is 1. The molecule has 0 atom stereocenters. The zero-order valence-electron chi connectivity index (χ0n) is 11.5. The van der Waals surface area contributed by atoms with Gasteiger partial charge in [-0.3, -0.25) is 14.9 Å². The second-order valence-electron chi connectivity index (χ2n) is 4.01. The maximum absolute atomic E-state index is 12.1. The predicted octanol–water partition coefficient (Wildman–Crippen LogP) is 0.0509. The van der Waals surface area contributed by atoms with Crippen molar-refractivity contribution in [1.29, 1.82) is 0 Å². The topological polar surface area (TPSA) is 130 Å². The summed E-state index contributed by atoms with van der Waals surface area (Å²) in [5, 5.41) is 16.0. The van der Waals surface area contributed by atoms with Gasteiger partial charge < -0.3 is 10.6 Å². The molecule has 1 rings (SSSR count). The van der Waals surface area contributed by atoms with Crippen molar-refractivity contribution in [2.75, 3.05) is 26.0 Å². The third-order valence-corrected chi connectivity index (χ3v) is 4.17. The van der Waals surface area contributed by atoms with Crippen molar-refractivity contribution in [3.8, 4) is 0 Å². The first kappa shape index (κ1) is 16.9. The normalized spacial score (nSPS) is 11.0. The molecular weight excluding hydrogens is 300 g/mol. The van der Waals surface area contributed by atoms with E-state index in [-0.39, 0.29) is 18.9 Å². The molecule has 0 aliphatic heterocycles. The van der Waals surface area contributed by atoms with Crippen LogP contribution in [0.2, 0.25) is 0 Å². The van der Waals surface area contributed by atoms with Gasteiger partial charge in [0.2, 0.25) is 15.9 Å². The van der Waals surface area contributed by atoms with Gasteiger partial charge in [-0.2, -0.15) is 0 Å². The number of benzene rings is 1. The number of amides is 1. The Morgan fingerprint density at radius 3 is 2.52 bits per heavy atom. The Morgan fingerprint density at radius 1 is 1.33 bits per heavy atom. The molecule has 10 heteroatoms. The summed E-state index contributed by atoms with van der Waals surface area (Å²) >= 11 is 0. The molecule has 0 heterocycles. The molecule has 1 aromatic rings.